The third kappa shape index (κ3) is 2.47. The maximum atomic E-state index is 5.91. The fourth-order valence-corrected chi connectivity index (χ4v) is 2.27. The van der Waals surface area contributed by atoms with Gasteiger partial charge >= 0.3 is 0 Å². The molecule has 0 unspecified atom stereocenters. The van der Waals surface area contributed by atoms with Crippen molar-refractivity contribution in [1.82, 2.24) is 10.2 Å². The van der Waals surface area contributed by atoms with Gasteiger partial charge in [-0.1, -0.05) is 28.9 Å². The second-order valence-corrected chi connectivity index (χ2v) is 5.22. The molecule has 0 aliphatic carbocycles. The third-order valence-corrected chi connectivity index (χ3v) is 3.51. The van der Waals surface area contributed by atoms with E-state index in [4.69, 9.17) is 16.4 Å². The minimum absolute atomic E-state index is 0.692. The van der Waals surface area contributed by atoms with E-state index in [1.54, 1.807) is 0 Å². The quantitative estimate of drug-likeness (QED) is 0.910. The van der Waals surface area contributed by atoms with E-state index in [-0.39, 0.29) is 0 Å². The Morgan fingerprint density at radius 3 is 2.60 bits per heavy atom. The van der Waals surface area contributed by atoms with Crippen LogP contribution in [0.1, 0.15) is 30.3 Å². The van der Waals surface area contributed by atoms with Crippen LogP contribution in [0.2, 0.25) is 5.02 Å². The van der Waals surface area contributed by atoms with Crippen molar-refractivity contribution in [2.24, 2.45) is 5.16 Å². The second-order valence-electron chi connectivity index (χ2n) is 4.78. The highest BCUT2D eigenvalue weighted by atomic mass is 35.5. The van der Waals surface area contributed by atoms with Crippen molar-refractivity contribution in [3.05, 3.63) is 58.1 Å². The van der Waals surface area contributed by atoms with Crippen molar-refractivity contribution >= 4 is 22.9 Å². The number of aromatic nitrogens is 2. The summed E-state index contributed by atoms with van der Waals surface area (Å²) >= 11 is 5.91. The molecule has 5 heteroatoms. The predicted molar refractivity (Wildman–Crippen MR) is 79.6 cm³/mol. The van der Waals surface area contributed by atoms with E-state index < -0.39 is 0 Å². The lowest BCUT2D eigenvalue weighted by Crippen LogP contribution is -2.10. The normalized spacial score (nSPS) is 15.1. The lowest BCUT2D eigenvalue weighted by Gasteiger charge is -2.16. The predicted octanol–water partition coefficient (Wildman–Crippen LogP) is 3.93. The number of hydrogen-bond donors (Lipinski definition) is 1. The van der Waals surface area contributed by atoms with Crippen molar-refractivity contribution in [3.8, 4) is 0 Å². The summed E-state index contributed by atoms with van der Waals surface area (Å²) in [4.78, 5) is 5.43. The average Bonchev–Trinajstić information content (AvgIpc) is 2.87. The van der Waals surface area contributed by atoms with Gasteiger partial charge in [-0.15, -0.1) is 0 Å². The monoisotopic (exact) mass is 287 g/mol. The maximum Gasteiger partial charge on any atom is 0.137 e. The van der Waals surface area contributed by atoms with Crippen LogP contribution in [0.4, 0.5) is 0 Å². The van der Waals surface area contributed by atoms with Crippen LogP contribution in [0, 0.1) is 6.92 Å². The minimum atomic E-state index is 0.692. The summed E-state index contributed by atoms with van der Waals surface area (Å²) in [6, 6.07) is 9.59. The molecule has 0 amide bonds. The number of oxime groups is 1. The Morgan fingerprint density at radius 2 is 1.95 bits per heavy atom. The van der Waals surface area contributed by atoms with Gasteiger partial charge < -0.3 is 4.84 Å². The van der Waals surface area contributed by atoms with Crippen molar-refractivity contribution in [3.63, 3.8) is 0 Å². The fourth-order valence-electron chi connectivity index (χ4n) is 2.14. The van der Waals surface area contributed by atoms with Crippen LogP contribution in [0.5, 0.6) is 0 Å². The molecule has 2 aromatic rings. The summed E-state index contributed by atoms with van der Waals surface area (Å²) < 4.78 is 0. The first kappa shape index (κ1) is 12.9. The van der Waals surface area contributed by atoms with Crippen LogP contribution in [-0.2, 0) is 4.84 Å². The van der Waals surface area contributed by atoms with Crippen LogP contribution in [0.3, 0.4) is 0 Å². The molecule has 0 atom stereocenters. The van der Waals surface area contributed by atoms with Crippen molar-refractivity contribution in [2.45, 2.75) is 20.3 Å². The molecule has 1 aliphatic rings. The molecule has 102 valence electrons. The van der Waals surface area contributed by atoms with Crippen molar-refractivity contribution in [2.75, 3.05) is 0 Å². The van der Waals surface area contributed by atoms with Gasteiger partial charge in [0.1, 0.15) is 5.76 Å². The van der Waals surface area contributed by atoms with Gasteiger partial charge in [-0.3, -0.25) is 5.10 Å². The number of allylic oxidation sites excluding steroid dienone is 2. The molecule has 0 saturated carbocycles. The zero-order chi connectivity index (χ0) is 14.1. The first-order valence-corrected chi connectivity index (χ1v) is 6.73. The molecule has 0 fully saturated rings. The highest BCUT2D eigenvalue weighted by Gasteiger charge is 2.19. The largest absolute Gasteiger partial charge is 0.361 e. The summed E-state index contributed by atoms with van der Waals surface area (Å²) in [6.45, 7) is 3.88. The number of rotatable bonds is 2. The molecule has 0 radical (unpaired) electrons. The van der Waals surface area contributed by atoms with Crippen LogP contribution in [-0.4, -0.2) is 15.9 Å². The standard InChI is InChI=1S/C15H14ClN3O/c1-9-7-15(18-17-9)13-8-14(19-20-10(13)2)11-3-5-12(16)6-4-11/h3-7H,8H2,1-2H3,(H,17,18). The smallest absolute Gasteiger partial charge is 0.137 e. The van der Waals surface area contributed by atoms with Crippen molar-refractivity contribution < 1.29 is 4.84 Å². The maximum absolute atomic E-state index is 5.91. The summed E-state index contributed by atoms with van der Waals surface area (Å²) in [6.07, 6.45) is 0.692. The average molecular weight is 288 g/mol. The summed E-state index contributed by atoms with van der Waals surface area (Å²) in [5.41, 5.74) is 4.86. The highest BCUT2D eigenvalue weighted by molar-refractivity contribution is 6.30. The van der Waals surface area contributed by atoms with E-state index in [2.05, 4.69) is 15.4 Å². The molecule has 3 rings (SSSR count). The SMILES string of the molecule is CC1=C(c2cc(C)[nH]n2)CC(c2ccc(Cl)cc2)=NO1. The molecule has 1 aromatic carbocycles. The zero-order valence-electron chi connectivity index (χ0n) is 11.3. The van der Waals surface area contributed by atoms with E-state index in [0.29, 0.717) is 11.4 Å². The first-order chi connectivity index (χ1) is 9.63. The molecular weight excluding hydrogens is 274 g/mol. The Morgan fingerprint density at radius 1 is 1.20 bits per heavy atom. The Balaban J connectivity index is 1.90. The van der Waals surface area contributed by atoms with Crippen LogP contribution >= 0.6 is 11.6 Å². The number of H-pyrrole nitrogens is 1. The summed E-state index contributed by atoms with van der Waals surface area (Å²) in [5.74, 6) is 0.786. The Bertz CT molecular complexity index is 698. The number of benzene rings is 1. The van der Waals surface area contributed by atoms with E-state index in [9.17, 15) is 0 Å². The van der Waals surface area contributed by atoms with Gasteiger partial charge in [0.05, 0.1) is 11.4 Å². The van der Waals surface area contributed by atoms with E-state index in [1.165, 1.54) is 0 Å². The van der Waals surface area contributed by atoms with Gasteiger partial charge in [-0.2, -0.15) is 5.10 Å². The lowest BCUT2D eigenvalue weighted by atomic mass is 9.98. The van der Waals surface area contributed by atoms with Crippen LogP contribution < -0.4 is 0 Å². The molecular formula is C15H14ClN3O. The number of nitrogens with one attached hydrogen (secondary N) is 1. The van der Waals surface area contributed by atoms with Gasteiger partial charge in [-0.25, -0.2) is 0 Å². The fraction of sp³-hybridized carbons (Fsp3) is 0.200. The molecule has 0 saturated heterocycles. The van der Waals surface area contributed by atoms with Crippen LogP contribution in [0.15, 0.2) is 41.2 Å². The van der Waals surface area contributed by atoms with Crippen molar-refractivity contribution in [1.29, 1.82) is 0 Å². The summed E-state index contributed by atoms with van der Waals surface area (Å²) in [5, 5.41) is 12.1. The lowest BCUT2D eigenvalue weighted by molar-refractivity contribution is 0.226. The molecule has 1 N–H and O–H groups in total. The number of halogens is 1. The summed E-state index contributed by atoms with van der Waals surface area (Å²) in [7, 11) is 0. The Hall–Kier alpha value is -2.07. The van der Waals surface area contributed by atoms with E-state index in [1.807, 2.05) is 44.2 Å². The number of aromatic amines is 1. The number of hydrogen-bond acceptors (Lipinski definition) is 3. The number of aryl methyl sites for hydroxylation is 1. The highest BCUT2D eigenvalue weighted by Crippen LogP contribution is 2.28. The van der Waals surface area contributed by atoms with E-state index >= 15 is 0 Å². The van der Waals surface area contributed by atoms with Gasteiger partial charge in [-0.05, 0) is 37.6 Å². The van der Waals surface area contributed by atoms with Gasteiger partial charge in [0.2, 0.25) is 0 Å². The molecule has 1 aliphatic heterocycles. The van der Waals surface area contributed by atoms with Gasteiger partial charge in [0, 0.05) is 22.7 Å². The van der Waals surface area contributed by atoms with Gasteiger partial charge in [0.25, 0.3) is 0 Å². The second kappa shape index (κ2) is 5.13. The third-order valence-electron chi connectivity index (χ3n) is 3.25. The zero-order valence-corrected chi connectivity index (χ0v) is 12.0. The molecule has 20 heavy (non-hydrogen) atoms. The molecule has 4 nitrogen and oxygen atoms in total. The molecule has 0 spiro atoms. The molecule has 1 aromatic heterocycles. The molecule has 0 bridgehead atoms. The topological polar surface area (TPSA) is 50.3 Å². The first-order valence-electron chi connectivity index (χ1n) is 6.35. The Kier molecular flexibility index (Phi) is 3.32. The molecule has 2 heterocycles. The van der Waals surface area contributed by atoms with Gasteiger partial charge in [0.15, 0.2) is 0 Å². The van der Waals surface area contributed by atoms with E-state index in [0.717, 1.165) is 34.0 Å². The number of nitrogens with zero attached hydrogens (tertiary/aromatic N) is 2. The minimum Gasteiger partial charge on any atom is -0.361 e. The van der Waals surface area contributed by atoms with Crippen LogP contribution in [0.25, 0.3) is 5.57 Å². The Labute approximate surface area is 122 Å².